The molecule has 31 heavy (non-hydrogen) atoms. The predicted octanol–water partition coefficient (Wildman–Crippen LogP) is 4.26. The molecule has 1 atom stereocenters. The summed E-state index contributed by atoms with van der Waals surface area (Å²) in [5.41, 5.74) is 1.20. The fourth-order valence-electron chi connectivity index (χ4n) is 2.65. The third kappa shape index (κ3) is 5.09. The molecule has 0 saturated heterocycles. The molecule has 0 spiro atoms. The van der Waals surface area contributed by atoms with Crippen molar-refractivity contribution in [2.24, 2.45) is 10.9 Å². The van der Waals surface area contributed by atoms with E-state index < -0.39 is 37.4 Å². The maximum Gasteiger partial charge on any atom is 0.416 e. The first-order chi connectivity index (χ1) is 14.4. The van der Waals surface area contributed by atoms with Gasteiger partial charge in [0.05, 0.1) is 20.5 Å². The lowest BCUT2D eigenvalue weighted by atomic mass is 10.1. The lowest BCUT2D eigenvalue weighted by Crippen LogP contribution is -2.43. The molecular weight excluding hydrogens is 500 g/mol. The van der Waals surface area contributed by atoms with Gasteiger partial charge >= 0.3 is 12.2 Å². The van der Waals surface area contributed by atoms with Gasteiger partial charge in [-0.2, -0.15) is 18.2 Å². The number of thioether (sulfide) groups is 1. The average molecular weight is 513 g/mol. The molecule has 2 amide bonds. The van der Waals surface area contributed by atoms with Crippen LogP contribution in [0.2, 0.25) is 10.0 Å². The number of alkyl halides is 3. The number of nitrogens with two attached hydrogens (primary N) is 1. The molecule has 0 aliphatic carbocycles. The van der Waals surface area contributed by atoms with Gasteiger partial charge in [0.15, 0.2) is 0 Å². The van der Waals surface area contributed by atoms with E-state index in [4.69, 9.17) is 29.0 Å². The largest absolute Gasteiger partial charge is 0.416 e. The van der Waals surface area contributed by atoms with E-state index in [1.165, 1.54) is 24.3 Å². The first-order valence-electron chi connectivity index (χ1n) is 8.35. The van der Waals surface area contributed by atoms with E-state index in [0.717, 1.165) is 23.2 Å². The standard InChI is InChI=1S/C17H13Cl2F3N4O3S2/c18-12-5-4-11(8-13(12)19)31(28,29)16-25-26(15(27)24-23)14(30-16)7-9-2-1-3-10(6-9)17(20,21)22/h1-6,8,14H,7,23H2,(H,24,27). The van der Waals surface area contributed by atoms with Gasteiger partial charge in [0.1, 0.15) is 5.37 Å². The Morgan fingerprint density at radius 2 is 1.90 bits per heavy atom. The zero-order valence-electron chi connectivity index (χ0n) is 15.2. The van der Waals surface area contributed by atoms with Crippen LogP contribution in [-0.4, -0.2) is 29.2 Å². The Balaban J connectivity index is 1.92. The monoisotopic (exact) mass is 512 g/mol. The molecule has 1 aliphatic rings. The molecule has 3 N–H and O–H groups in total. The summed E-state index contributed by atoms with van der Waals surface area (Å²) in [5.74, 6) is 5.14. The number of halogens is 5. The number of rotatable bonds is 3. The zero-order chi connectivity index (χ0) is 23.0. The molecule has 1 unspecified atom stereocenters. The molecular formula is C17H13Cl2F3N4O3S2. The second-order valence-electron chi connectivity index (χ2n) is 6.21. The number of amides is 2. The Morgan fingerprint density at radius 1 is 1.19 bits per heavy atom. The summed E-state index contributed by atoms with van der Waals surface area (Å²) in [5, 5.41) is 3.81. The van der Waals surface area contributed by atoms with Crippen LogP contribution in [0, 0.1) is 0 Å². The van der Waals surface area contributed by atoms with Crippen molar-refractivity contribution < 1.29 is 26.4 Å². The normalized spacial score (nSPS) is 16.9. The highest BCUT2D eigenvalue weighted by Gasteiger charge is 2.39. The van der Waals surface area contributed by atoms with E-state index in [0.29, 0.717) is 11.8 Å². The highest BCUT2D eigenvalue weighted by molar-refractivity contribution is 8.35. The molecule has 2 aromatic carbocycles. The molecule has 0 saturated carbocycles. The molecule has 1 heterocycles. The molecule has 1 aliphatic heterocycles. The quantitative estimate of drug-likeness (QED) is 0.363. The SMILES string of the molecule is NNC(=O)N1N=C(S(=O)(=O)c2ccc(Cl)c(Cl)c2)SC1Cc1cccc(C(F)(F)F)c1. The second-order valence-corrected chi connectivity index (χ2v) is 10.3. The first kappa shape index (κ1) is 23.7. The van der Waals surface area contributed by atoms with Gasteiger partial charge < -0.3 is 0 Å². The number of hydrazone groups is 1. The highest BCUT2D eigenvalue weighted by atomic mass is 35.5. The smallest absolute Gasteiger partial charge is 0.274 e. The van der Waals surface area contributed by atoms with Gasteiger partial charge in [-0.05, 0) is 29.8 Å². The van der Waals surface area contributed by atoms with Crippen LogP contribution in [0.4, 0.5) is 18.0 Å². The maximum absolute atomic E-state index is 13.0. The summed E-state index contributed by atoms with van der Waals surface area (Å²) in [6.45, 7) is 0. The number of nitrogens with one attached hydrogen (secondary N) is 1. The van der Waals surface area contributed by atoms with Gasteiger partial charge in [0, 0.05) is 6.42 Å². The molecule has 2 aromatic rings. The Hall–Kier alpha value is -1.99. The van der Waals surface area contributed by atoms with Gasteiger partial charge in [-0.15, -0.1) is 5.10 Å². The molecule has 0 radical (unpaired) electrons. The minimum Gasteiger partial charge on any atom is -0.274 e. The third-order valence-electron chi connectivity index (χ3n) is 4.13. The predicted molar refractivity (Wildman–Crippen MR) is 112 cm³/mol. The number of hydrazine groups is 1. The summed E-state index contributed by atoms with van der Waals surface area (Å²) in [6, 6.07) is 7.21. The minimum atomic E-state index is -4.55. The van der Waals surface area contributed by atoms with Crippen molar-refractivity contribution >= 4 is 55.2 Å². The lowest BCUT2D eigenvalue weighted by molar-refractivity contribution is -0.137. The maximum atomic E-state index is 13.0. The summed E-state index contributed by atoms with van der Waals surface area (Å²) >= 11 is 12.4. The van der Waals surface area contributed by atoms with Gasteiger partial charge in [-0.3, -0.25) is 5.43 Å². The number of sulfone groups is 1. The van der Waals surface area contributed by atoms with Crippen LogP contribution in [0.5, 0.6) is 0 Å². The average Bonchev–Trinajstić information content (AvgIpc) is 3.13. The Kier molecular flexibility index (Phi) is 6.77. The molecule has 14 heteroatoms. The number of nitrogens with zero attached hydrogens (tertiary/aromatic N) is 2. The molecule has 166 valence electrons. The molecule has 7 nitrogen and oxygen atoms in total. The van der Waals surface area contributed by atoms with Crippen LogP contribution in [0.25, 0.3) is 0 Å². The number of carbonyl (C=O) groups excluding carboxylic acids is 1. The van der Waals surface area contributed by atoms with Crippen LogP contribution in [-0.2, 0) is 22.4 Å². The number of hydrogen-bond donors (Lipinski definition) is 2. The molecule has 3 rings (SSSR count). The molecule has 0 bridgehead atoms. The van der Waals surface area contributed by atoms with Crippen LogP contribution in [0.1, 0.15) is 11.1 Å². The van der Waals surface area contributed by atoms with Crippen LogP contribution < -0.4 is 11.3 Å². The highest BCUT2D eigenvalue weighted by Crippen LogP contribution is 2.36. The van der Waals surface area contributed by atoms with E-state index >= 15 is 0 Å². The number of benzene rings is 2. The van der Waals surface area contributed by atoms with Crippen molar-refractivity contribution in [3.8, 4) is 0 Å². The third-order valence-corrected chi connectivity index (χ3v) is 8.15. The molecule has 0 fully saturated rings. The zero-order valence-corrected chi connectivity index (χ0v) is 18.4. The van der Waals surface area contributed by atoms with Crippen molar-refractivity contribution in [1.29, 1.82) is 0 Å². The van der Waals surface area contributed by atoms with Crippen molar-refractivity contribution in [3.05, 3.63) is 63.6 Å². The van der Waals surface area contributed by atoms with Crippen molar-refractivity contribution in [1.82, 2.24) is 10.4 Å². The van der Waals surface area contributed by atoms with Crippen LogP contribution in [0.3, 0.4) is 0 Å². The molecule has 0 aromatic heterocycles. The van der Waals surface area contributed by atoms with Crippen molar-refractivity contribution in [3.63, 3.8) is 0 Å². The topological polar surface area (TPSA) is 105 Å². The number of urea groups is 1. The Labute approximate surface area is 189 Å². The number of carbonyl (C=O) groups is 1. The summed E-state index contributed by atoms with van der Waals surface area (Å²) in [7, 11) is -4.18. The minimum absolute atomic E-state index is 0.00316. The van der Waals surface area contributed by atoms with E-state index in [1.807, 2.05) is 5.43 Å². The van der Waals surface area contributed by atoms with E-state index in [9.17, 15) is 26.4 Å². The first-order valence-corrected chi connectivity index (χ1v) is 11.5. The Morgan fingerprint density at radius 3 is 2.52 bits per heavy atom. The van der Waals surface area contributed by atoms with Crippen molar-refractivity contribution in [2.75, 3.05) is 0 Å². The van der Waals surface area contributed by atoms with E-state index in [1.54, 1.807) is 0 Å². The second kappa shape index (κ2) is 8.87. The fraction of sp³-hybridized carbons (Fsp3) is 0.176. The van der Waals surface area contributed by atoms with Crippen LogP contribution >= 0.6 is 35.0 Å². The van der Waals surface area contributed by atoms with Crippen molar-refractivity contribution in [2.45, 2.75) is 22.9 Å². The van der Waals surface area contributed by atoms with Gasteiger partial charge in [-0.25, -0.2) is 19.1 Å². The van der Waals surface area contributed by atoms with Gasteiger partial charge in [0.2, 0.25) is 14.2 Å². The fourth-order valence-corrected chi connectivity index (χ4v) is 5.95. The summed E-state index contributed by atoms with van der Waals surface area (Å²) < 4.78 is 64.4. The van der Waals surface area contributed by atoms with Gasteiger partial charge in [0.25, 0.3) is 0 Å². The summed E-state index contributed by atoms with van der Waals surface area (Å²) in [6.07, 6.45) is -4.67. The van der Waals surface area contributed by atoms with Gasteiger partial charge in [-0.1, -0.05) is 53.2 Å². The Bertz CT molecular complexity index is 1160. The number of hydrogen-bond acceptors (Lipinski definition) is 6. The van der Waals surface area contributed by atoms with E-state index in [-0.39, 0.29) is 26.9 Å². The van der Waals surface area contributed by atoms with E-state index in [2.05, 4.69) is 5.10 Å². The summed E-state index contributed by atoms with van der Waals surface area (Å²) in [4.78, 5) is 11.9. The van der Waals surface area contributed by atoms with Crippen LogP contribution in [0.15, 0.2) is 52.5 Å². The lowest BCUT2D eigenvalue weighted by Gasteiger charge is -2.20.